The first-order chi connectivity index (χ1) is 11.8. The Hall–Kier alpha value is -2.13. The summed E-state index contributed by atoms with van der Waals surface area (Å²) in [5.41, 5.74) is -1.71. The van der Waals surface area contributed by atoms with Gasteiger partial charge in [0.2, 0.25) is 0 Å². The third-order valence-electron chi connectivity index (χ3n) is 3.65. The van der Waals surface area contributed by atoms with E-state index in [1.165, 1.54) is 0 Å². The monoisotopic (exact) mass is 378 g/mol. The van der Waals surface area contributed by atoms with E-state index in [0.29, 0.717) is 31.8 Å². The van der Waals surface area contributed by atoms with Crippen LogP contribution >= 0.6 is 11.6 Å². The van der Waals surface area contributed by atoms with E-state index < -0.39 is 23.5 Å². The van der Waals surface area contributed by atoms with Crippen LogP contribution in [0.25, 0.3) is 11.3 Å². The highest BCUT2D eigenvalue weighted by molar-refractivity contribution is 6.35. The number of nitrogens with one attached hydrogen (secondary N) is 1. The lowest BCUT2D eigenvalue weighted by atomic mass is 10.1. The molecule has 0 radical (unpaired) electrons. The van der Waals surface area contributed by atoms with Crippen LogP contribution in [-0.2, 0) is 10.9 Å². The predicted octanol–water partition coefficient (Wildman–Crippen LogP) is 3.67. The molecule has 5 nitrogen and oxygen atoms in total. The van der Waals surface area contributed by atoms with Crippen LogP contribution in [0.5, 0.6) is 0 Å². The van der Waals surface area contributed by atoms with Crippen molar-refractivity contribution < 1.29 is 31.6 Å². The maximum Gasteiger partial charge on any atom is 0.419 e. The van der Waals surface area contributed by atoms with Gasteiger partial charge in [-0.25, -0.2) is 4.39 Å². The van der Waals surface area contributed by atoms with Crippen molar-refractivity contribution in [3.05, 3.63) is 40.3 Å². The average Bonchev–Trinajstić information content (AvgIpc) is 3.15. The lowest BCUT2D eigenvalue weighted by Crippen LogP contribution is -2.35. The second-order valence-electron chi connectivity index (χ2n) is 5.40. The quantitative estimate of drug-likeness (QED) is 0.828. The van der Waals surface area contributed by atoms with Crippen LogP contribution in [0, 0.1) is 5.82 Å². The lowest BCUT2D eigenvalue weighted by Gasteiger charge is -2.09. The molecule has 0 spiro atoms. The number of halogens is 5. The highest BCUT2D eigenvalue weighted by Gasteiger charge is 2.34. The maximum atomic E-state index is 13.7. The Labute approximate surface area is 143 Å². The minimum Gasteiger partial charge on any atom is -0.379 e. The Kier molecular flexibility index (Phi) is 4.70. The second-order valence-corrected chi connectivity index (χ2v) is 5.78. The molecule has 1 aromatic heterocycles. The number of nitrogens with zero attached hydrogens (tertiary/aromatic N) is 1. The van der Waals surface area contributed by atoms with E-state index in [1.807, 2.05) is 0 Å². The van der Waals surface area contributed by atoms with E-state index in [4.69, 9.17) is 20.9 Å². The number of hydrogen-bond donors (Lipinski definition) is 1. The van der Waals surface area contributed by atoms with Crippen molar-refractivity contribution in [2.75, 3.05) is 13.2 Å². The van der Waals surface area contributed by atoms with E-state index in [-0.39, 0.29) is 28.1 Å². The standard InChI is InChI=1S/C15H11ClF4N2O3/c16-11-12(14(23)21-8-3-4-24-6-8)22-25-13(11)7-1-2-9(10(17)5-7)15(18,19)20/h1-2,5,8H,3-4,6H2,(H,21,23). The maximum absolute atomic E-state index is 13.7. The number of benzene rings is 1. The number of rotatable bonds is 3. The minimum atomic E-state index is -4.82. The molecule has 1 atom stereocenters. The summed E-state index contributed by atoms with van der Waals surface area (Å²) < 4.78 is 61.5. The largest absolute Gasteiger partial charge is 0.419 e. The molecule has 1 unspecified atom stereocenters. The molecule has 1 N–H and O–H groups in total. The Morgan fingerprint density at radius 1 is 1.36 bits per heavy atom. The molecule has 3 rings (SSSR count). The molecule has 134 valence electrons. The first-order valence-electron chi connectivity index (χ1n) is 7.18. The zero-order chi connectivity index (χ0) is 18.2. The number of ether oxygens (including phenoxy) is 1. The molecule has 1 aliphatic heterocycles. The SMILES string of the molecule is O=C(NC1CCOC1)c1noc(-c2ccc(C(F)(F)F)c(F)c2)c1Cl. The summed E-state index contributed by atoms with van der Waals surface area (Å²) >= 11 is 6.03. The van der Waals surface area contributed by atoms with Gasteiger partial charge in [0.25, 0.3) is 5.91 Å². The van der Waals surface area contributed by atoms with Crippen LogP contribution in [0.15, 0.2) is 22.7 Å². The Balaban J connectivity index is 1.85. The van der Waals surface area contributed by atoms with Crippen LogP contribution in [0.4, 0.5) is 17.6 Å². The molecule has 10 heteroatoms. The predicted molar refractivity (Wildman–Crippen MR) is 78.6 cm³/mol. The number of alkyl halides is 3. The van der Waals surface area contributed by atoms with Crippen LogP contribution in [-0.4, -0.2) is 30.3 Å². The minimum absolute atomic E-state index is 0.0637. The summed E-state index contributed by atoms with van der Waals surface area (Å²) in [5.74, 6) is -2.28. The van der Waals surface area contributed by atoms with Gasteiger partial charge in [-0.1, -0.05) is 22.8 Å². The van der Waals surface area contributed by atoms with Crippen LogP contribution in [0.1, 0.15) is 22.5 Å². The van der Waals surface area contributed by atoms with Gasteiger partial charge in [-0.2, -0.15) is 13.2 Å². The molecule has 1 fully saturated rings. The van der Waals surface area contributed by atoms with Crippen molar-refractivity contribution in [3.63, 3.8) is 0 Å². The Bertz CT molecular complexity index is 801. The van der Waals surface area contributed by atoms with Crippen molar-refractivity contribution >= 4 is 17.5 Å². The van der Waals surface area contributed by atoms with Crippen molar-refractivity contribution in [2.24, 2.45) is 0 Å². The summed E-state index contributed by atoms with van der Waals surface area (Å²) in [6.45, 7) is 0.881. The molecule has 0 saturated carbocycles. The van der Waals surface area contributed by atoms with Crippen molar-refractivity contribution in [1.29, 1.82) is 0 Å². The highest BCUT2D eigenvalue weighted by Crippen LogP contribution is 2.36. The molecule has 0 aliphatic carbocycles. The number of carbonyl (C=O) groups is 1. The summed E-state index contributed by atoms with van der Waals surface area (Å²) in [7, 11) is 0. The first-order valence-corrected chi connectivity index (χ1v) is 7.56. The molecule has 25 heavy (non-hydrogen) atoms. The molecule has 1 aliphatic rings. The van der Waals surface area contributed by atoms with Gasteiger partial charge in [0.05, 0.1) is 18.2 Å². The van der Waals surface area contributed by atoms with Gasteiger partial charge in [0, 0.05) is 12.2 Å². The van der Waals surface area contributed by atoms with Gasteiger partial charge >= 0.3 is 6.18 Å². The van der Waals surface area contributed by atoms with Gasteiger partial charge < -0.3 is 14.6 Å². The fraction of sp³-hybridized carbons (Fsp3) is 0.333. The van der Waals surface area contributed by atoms with E-state index in [9.17, 15) is 22.4 Å². The van der Waals surface area contributed by atoms with Gasteiger partial charge in [0.15, 0.2) is 11.5 Å². The molecule has 0 bridgehead atoms. The van der Waals surface area contributed by atoms with Crippen molar-refractivity contribution in [3.8, 4) is 11.3 Å². The molecule has 1 aromatic carbocycles. The van der Waals surface area contributed by atoms with Crippen LogP contribution in [0.2, 0.25) is 5.02 Å². The fourth-order valence-electron chi connectivity index (χ4n) is 2.39. The molecule has 2 heterocycles. The van der Waals surface area contributed by atoms with Gasteiger partial charge in [-0.05, 0) is 18.6 Å². The van der Waals surface area contributed by atoms with E-state index in [2.05, 4.69) is 10.5 Å². The van der Waals surface area contributed by atoms with Crippen LogP contribution in [0.3, 0.4) is 0 Å². The Morgan fingerprint density at radius 2 is 2.12 bits per heavy atom. The van der Waals surface area contributed by atoms with E-state index in [0.717, 1.165) is 6.07 Å². The number of carbonyl (C=O) groups excluding carboxylic acids is 1. The molecule has 1 saturated heterocycles. The summed E-state index contributed by atoms with van der Waals surface area (Å²) in [4.78, 5) is 12.1. The van der Waals surface area contributed by atoms with Crippen molar-refractivity contribution in [2.45, 2.75) is 18.6 Å². The normalized spacial score (nSPS) is 17.7. The molecule has 2 aromatic rings. The van der Waals surface area contributed by atoms with E-state index in [1.54, 1.807) is 0 Å². The van der Waals surface area contributed by atoms with Gasteiger partial charge in [0.1, 0.15) is 10.8 Å². The molecule has 1 amide bonds. The zero-order valence-electron chi connectivity index (χ0n) is 12.5. The number of amides is 1. The van der Waals surface area contributed by atoms with E-state index >= 15 is 0 Å². The second kappa shape index (κ2) is 6.64. The third kappa shape index (κ3) is 3.62. The molecular formula is C15H11ClF4N2O3. The van der Waals surface area contributed by atoms with Crippen LogP contribution < -0.4 is 5.32 Å². The zero-order valence-corrected chi connectivity index (χ0v) is 13.2. The fourth-order valence-corrected chi connectivity index (χ4v) is 2.65. The summed E-state index contributed by atoms with van der Waals surface area (Å²) in [6.07, 6.45) is -4.18. The smallest absolute Gasteiger partial charge is 0.379 e. The lowest BCUT2D eigenvalue weighted by molar-refractivity contribution is -0.139. The number of hydrogen-bond acceptors (Lipinski definition) is 4. The Morgan fingerprint density at radius 3 is 2.72 bits per heavy atom. The van der Waals surface area contributed by atoms with Gasteiger partial charge in [-0.3, -0.25) is 4.79 Å². The average molecular weight is 379 g/mol. The molecular weight excluding hydrogens is 368 g/mol. The van der Waals surface area contributed by atoms with Crippen molar-refractivity contribution in [1.82, 2.24) is 10.5 Å². The topological polar surface area (TPSA) is 64.4 Å². The summed E-state index contributed by atoms with van der Waals surface area (Å²) in [6, 6.07) is 2.00. The third-order valence-corrected chi connectivity index (χ3v) is 4.00. The number of aromatic nitrogens is 1. The summed E-state index contributed by atoms with van der Waals surface area (Å²) in [5, 5.41) is 5.97. The highest BCUT2D eigenvalue weighted by atomic mass is 35.5. The first kappa shape index (κ1) is 17.7. The van der Waals surface area contributed by atoms with Gasteiger partial charge in [-0.15, -0.1) is 0 Å².